The average Bonchev–Trinajstić information content (AvgIpc) is 3.35. The Morgan fingerprint density at radius 1 is 1.05 bits per heavy atom. The fraction of sp³-hybridized carbons (Fsp3) is 0.500. The predicted molar refractivity (Wildman–Crippen MR) is 149 cm³/mol. The van der Waals surface area contributed by atoms with Crippen molar-refractivity contribution >= 4 is 39.1 Å². The molecule has 2 aromatic rings. The van der Waals surface area contributed by atoms with Crippen molar-refractivity contribution in [3.05, 3.63) is 64.7 Å². The van der Waals surface area contributed by atoms with Crippen molar-refractivity contribution in [2.75, 3.05) is 17.1 Å². The zero-order valence-corrected chi connectivity index (χ0v) is 23.7. The highest BCUT2D eigenvalue weighted by Crippen LogP contribution is 2.29. The van der Waals surface area contributed by atoms with Crippen molar-refractivity contribution in [3.63, 3.8) is 0 Å². The van der Waals surface area contributed by atoms with Crippen LogP contribution >= 0.6 is 11.6 Å². The van der Waals surface area contributed by atoms with Gasteiger partial charge in [-0.05, 0) is 54.5 Å². The third-order valence-electron chi connectivity index (χ3n) is 6.86. The van der Waals surface area contributed by atoms with Crippen LogP contribution in [0.4, 0.5) is 5.69 Å². The number of nitrogens with one attached hydrogen (secondary N) is 1. The van der Waals surface area contributed by atoms with Crippen molar-refractivity contribution in [1.29, 1.82) is 0 Å². The molecule has 2 amide bonds. The highest BCUT2D eigenvalue weighted by molar-refractivity contribution is 7.92. The number of carbonyl (C=O) groups is 2. The van der Waals surface area contributed by atoms with Gasteiger partial charge in [0.25, 0.3) is 0 Å². The summed E-state index contributed by atoms with van der Waals surface area (Å²) in [6.07, 6.45) is 5.52. The summed E-state index contributed by atoms with van der Waals surface area (Å²) in [5.74, 6) is -0.584. The van der Waals surface area contributed by atoms with E-state index in [0.29, 0.717) is 17.1 Å². The summed E-state index contributed by atoms with van der Waals surface area (Å²) in [4.78, 5) is 28.7. The minimum atomic E-state index is -3.78. The van der Waals surface area contributed by atoms with Crippen molar-refractivity contribution in [1.82, 2.24) is 10.2 Å². The summed E-state index contributed by atoms with van der Waals surface area (Å²) in [5.41, 5.74) is 2.11. The van der Waals surface area contributed by atoms with Crippen molar-refractivity contribution in [2.24, 2.45) is 0 Å². The predicted octanol–water partition coefficient (Wildman–Crippen LogP) is 5.10. The van der Waals surface area contributed by atoms with E-state index >= 15 is 0 Å². The number of anilines is 1. The van der Waals surface area contributed by atoms with Gasteiger partial charge < -0.3 is 10.2 Å². The summed E-state index contributed by atoms with van der Waals surface area (Å²) in [6, 6.07) is 13.7. The van der Waals surface area contributed by atoms with E-state index in [-0.39, 0.29) is 24.4 Å². The zero-order chi connectivity index (χ0) is 27.2. The summed E-state index contributed by atoms with van der Waals surface area (Å²) in [7, 11) is -3.78. The van der Waals surface area contributed by atoms with Crippen LogP contribution in [-0.4, -0.2) is 50.0 Å². The normalized spacial score (nSPS) is 15.0. The number of amides is 2. The average molecular weight is 548 g/mol. The van der Waals surface area contributed by atoms with Crippen molar-refractivity contribution < 1.29 is 18.0 Å². The molecule has 0 unspecified atom stereocenters. The number of hydrogen-bond donors (Lipinski definition) is 1. The monoisotopic (exact) mass is 547 g/mol. The molecular formula is C28H38ClN3O4S. The highest BCUT2D eigenvalue weighted by Gasteiger charge is 2.33. The smallest absolute Gasteiger partial charge is 0.244 e. The number of para-hydroxylation sites is 1. The van der Waals surface area contributed by atoms with Gasteiger partial charge in [-0.3, -0.25) is 13.9 Å². The standard InChI is InChI=1S/C28H38ClN3O4S/c1-5-25(28(34)30-23-10-6-7-11-23)31(18-21-14-16-22(29)17-15-21)27(33)19-32(37(4,35)36)26-13-9-8-12-24(26)20(2)3/h8-9,12-17,20,23,25H,5-7,10-11,18-19H2,1-4H3,(H,30,34)/t25-/m1/s1. The molecule has 9 heteroatoms. The molecule has 0 aromatic heterocycles. The molecule has 1 fully saturated rings. The molecule has 2 aromatic carbocycles. The number of halogens is 1. The number of carbonyl (C=O) groups excluding carboxylic acids is 2. The summed E-state index contributed by atoms with van der Waals surface area (Å²) >= 11 is 6.06. The number of nitrogens with zero attached hydrogens (tertiary/aromatic N) is 2. The Morgan fingerprint density at radius 3 is 2.24 bits per heavy atom. The minimum Gasteiger partial charge on any atom is -0.352 e. The molecule has 0 spiro atoms. The van der Waals surface area contributed by atoms with Crippen molar-refractivity contribution in [2.45, 2.75) is 77.4 Å². The van der Waals surface area contributed by atoms with Gasteiger partial charge in [0.05, 0.1) is 11.9 Å². The molecule has 0 aliphatic heterocycles. The summed E-state index contributed by atoms with van der Waals surface area (Å²) in [6.45, 7) is 5.59. The Labute approximate surface area is 226 Å². The molecule has 0 saturated heterocycles. The molecular weight excluding hydrogens is 510 g/mol. The van der Waals surface area contributed by atoms with Crippen LogP contribution in [0.25, 0.3) is 0 Å². The topological polar surface area (TPSA) is 86.8 Å². The van der Waals surface area contributed by atoms with Crippen LogP contribution in [0.1, 0.15) is 69.9 Å². The molecule has 1 atom stereocenters. The van der Waals surface area contributed by atoms with E-state index in [2.05, 4.69) is 5.32 Å². The molecule has 1 N–H and O–H groups in total. The fourth-order valence-electron chi connectivity index (χ4n) is 4.87. The Kier molecular flexibility index (Phi) is 10.0. The number of sulfonamides is 1. The van der Waals surface area contributed by atoms with Gasteiger partial charge >= 0.3 is 0 Å². The molecule has 1 saturated carbocycles. The van der Waals surface area contributed by atoms with Gasteiger partial charge in [0, 0.05) is 17.6 Å². The van der Waals surface area contributed by atoms with Gasteiger partial charge in [0.1, 0.15) is 12.6 Å². The van der Waals surface area contributed by atoms with Crippen LogP contribution in [0.2, 0.25) is 5.02 Å². The first kappa shape index (κ1) is 29.0. The first-order valence-electron chi connectivity index (χ1n) is 12.9. The number of hydrogen-bond acceptors (Lipinski definition) is 4. The molecule has 0 radical (unpaired) electrons. The molecule has 7 nitrogen and oxygen atoms in total. The molecule has 37 heavy (non-hydrogen) atoms. The first-order valence-corrected chi connectivity index (χ1v) is 15.1. The quantitative estimate of drug-likeness (QED) is 0.424. The van der Waals surface area contributed by atoms with Crippen molar-refractivity contribution in [3.8, 4) is 0 Å². The second kappa shape index (κ2) is 12.8. The molecule has 1 aliphatic carbocycles. The van der Waals surface area contributed by atoms with Gasteiger partial charge in [-0.15, -0.1) is 0 Å². The highest BCUT2D eigenvalue weighted by atomic mass is 35.5. The van der Waals surface area contributed by atoms with Crippen LogP contribution in [-0.2, 0) is 26.2 Å². The van der Waals surface area contributed by atoms with Gasteiger partial charge in [0.2, 0.25) is 21.8 Å². The fourth-order valence-corrected chi connectivity index (χ4v) is 5.87. The lowest BCUT2D eigenvalue weighted by molar-refractivity contribution is -0.140. The van der Waals surface area contributed by atoms with E-state index in [9.17, 15) is 18.0 Å². The number of rotatable bonds is 11. The Bertz CT molecular complexity index is 1180. The van der Waals surface area contributed by atoms with E-state index in [1.807, 2.05) is 45.0 Å². The van der Waals surface area contributed by atoms with Gasteiger partial charge in [-0.25, -0.2) is 8.42 Å². The third-order valence-corrected chi connectivity index (χ3v) is 8.24. The molecule has 0 bridgehead atoms. The molecule has 3 rings (SSSR count). The molecule has 0 heterocycles. The lowest BCUT2D eigenvalue weighted by atomic mass is 10.0. The largest absolute Gasteiger partial charge is 0.352 e. The third kappa shape index (κ3) is 7.71. The van der Waals surface area contributed by atoms with Gasteiger partial charge in [-0.1, -0.05) is 75.5 Å². The van der Waals surface area contributed by atoms with E-state index < -0.39 is 28.5 Å². The van der Waals surface area contributed by atoms with Crippen LogP contribution in [0.15, 0.2) is 48.5 Å². The zero-order valence-electron chi connectivity index (χ0n) is 22.1. The minimum absolute atomic E-state index is 0.0568. The Balaban J connectivity index is 1.96. The Hall–Kier alpha value is -2.58. The lowest BCUT2D eigenvalue weighted by Gasteiger charge is -2.34. The molecule has 1 aliphatic rings. The first-order chi connectivity index (χ1) is 17.5. The van der Waals surface area contributed by atoms with Crippen LogP contribution < -0.4 is 9.62 Å². The van der Waals surface area contributed by atoms with E-state index in [0.717, 1.165) is 47.4 Å². The number of benzene rings is 2. The second-order valence-corrected chi connectivity index (χ2v) is 12.4. The maximum Gasteiger partial charge on any atom is 0.244 e. The van der Waals surface area contributed by atoms with Gasteiger partial charge in [0.15, 0.2) is 0 Å². The SMILES string of the molecule is CC[C@H](C(=O)NC1CCCC1)N(Cc1ccc(Cl)cc1)C(=O)CN(c1ccccc1C(C)C)S(C)(=O)=O. The van der Waals surface area contributed by atoms with E-state index in [4.69, 9.17) is 11.6 Å². The van der Waals surface area contributed by atoms with E-state index in [1.165, 1.54) is 4.90 Å². The molecule has 202 valence electrons. The van der Waals surface area contributed by atoms with Crippen LogP contribution in [0.3, 0.4) is 0 Å². The van der Waals surface area contributed by atoms with E-state index in [1.54, 1.807) is 24.3 Å². The van der Waals surface area contributed by atoms with Crippen LogP contribution in [0, 0.1) is 0 Å². The van der Waals surface area contributed by atoms with Crippen LogP contribution in [0.5, 0.6) is 0 Å². The Morgan fingerprint density at radius 2 is 1.68 bits per heavy atom. The lowest BCUT2D eigenvalue weighted by Crippen LogP contribution is -2.53. The second-order valence-electron chi connectivity index (χ2n) is 10.0. The van der Waals surface area contributed by atoms with Gasteiger partial charge in [-0.2, -0.15) is 0 Å². The summed E-state index contributed by atoms with van der Waals surface area (Å²) in [5, 5.41) is 3.68. The maximum absolute atomic E-state index is 13.9. The maximum atomic E-state index is 13.9. The summed E-state index contributed by atoms with van der Waals surface area (Å²) < 4.78 is 27.0.